The number of hydrogen-bond acceptors (Lipinski definition) is 3. The molecule has 1 saturated carbocycles. The lowest BCUT2D eigenvalue weighted by atomic mass is 9.97. The van der Waals surface area contributed by atoms with Crippen molar-refractivity contribution in [2.45, 2.75) is 38.6 Å². The molecule has 1 aromatic rings. The van der Waals surface area contributed by atoms with Crippen molar-refractivity contribution in [3.8, 4) is 0 Å². The van der Waals surface area contributed by atoms with Crippen molar-refractivity contribution in [2.75, 3.05) is 31.1 Å². The van der Waals surface area contributed by atoms with E-state index in [9.17, 15) is 4.79 Å². The van der Waals surface area contributed by atoms with Gasteiger partial charge in [-0.2, -0.15) is 0 Å². The number of hydrogen-bond donors (Lipinski definition) is 0. The smallest absolute Gasteiger partial charge is 0.152 e. The standard InChI is InChI=1S/C18H26N2O/c1-15(16-6-2-3-7-16)19-10-12-20(13-11-19)18-9-5-4-8-17(18)14-21/h4-5,8-9,14-16H,2-3,6-7,10-13H2,1H3. The summed E-state index contributed by atoms with van der Waals surface area (Å²) in [6.45, 7) is 6.70. The minimum atomic E-state index is 0.718. The fourth-order valence-corrected chi connectivity index (χ4v) is 3.98. The number of rotatable bonds is 4. The van der Waals surface area contributed by atoms with Crippen LogP contribution in [-0.2, 0) is 0 Å². The van der Waals surface area contributed by atoms with Crippen LogP contribution < -0.4 is 4.90 Å². The van der Waals surface area contributed by atoms with Gasteiger partial charge in [-0.25, -0.2) is 0 Å². The van der Waals surface area contributed by atoms with E-state index in [2.05, 4.69) is 22.8 Å². The molecule has 0 bridgehead atoms. The van der Waals surface area contributed by atoms with Crippen LogP contribution in [0.1, 0.15) is 43.0 Å². The highest BCUT2D eigenvalue weighted by atomic mass is 16.1. The first-order chi connectivity index (χ1) is 10.3. The van der Waals surface area contributed by atoms with Gasteiger partial charge in [-0.3, -0.25) is 9.69 Å². The highest BCUT2D eigenvalue weighted by Gasteiger charge is 2.29. The molecule has 2 aliphatic rings. The number of carbonyl (C=O) groups is 1. The molecule has 0 N–H and O–H groups in total. The molecule has 0 radical (unpaired) electrons. The number of para-hydroxylation sites is 1. The van der Waals surface area contributed by atoms with Crippen LogP contribution in [0.2, 0.25) is 0 Å². The van der Waals surface area contributed by atoms with Gasteiger partial charge in [-0.15, -0.1) is 0 Å². The van der Waals surface area contributed by atoms with Crippen LogP contribution in [0, 0.1) is 5.92 Å². The Morgan fingerprint density at radius 1 is 1.10 bits per heavy atom. The van der Waals surface area contributed by atoms with Crippen molar-refractivity contribution in [1.82, 2.24) is 4.90 Å². The molecule has 1 aliphatic carbocycles. The average molecular weight is 286 g/mol. The van der Waals surface area contributed by atoms with E-state index in [1.165, 1.54) is 25.7 Å². The maximum Gasteiger partial charge on any atom is 0.152 e. The number of carbonyl (C=O) groups excluding carboxylic acids is 1. The van der Waals surface area contributed by atoms with Crippen molar-refractivity contribution >= 4 is 12.0 Å². The molecular formula is C18H26N2O. The summed E-state index contributed by atoms with van der Waals surface area (Å²) >= 11 is 0. The largest absolute Gasteiger partial charge is 0.368 e. The third kappa shape index (κ3) is 3.13. The van der Waals surface area contributed by atoms with Gasteiger partial charge in [0.2, 0.25) is 0 Å². The van der Waals surface area contributed by atoms with Crippen LogP contribution in [0.15, 0.2) is 24.3 Å². The van der Waals surface area contributed by atoms with E-state index in [1.54, 1.807) is 0 Å². The lowest BCUT2D eigenvalue weighted by molar-refractivity contribution is 0.112. The summed E-state index contributed by atoms with van der Waals surface area (Å²) in [6, 6.07) is 8.66. The van der Waals surface area contributed by atoms with Gasteiger partial charge < -0.3 is 4.90 Å². The maximum absolute atomic E-state index is 11.2. The Kier molecular flexibility index (Phi) is 4.59. The zero-order valence-corrected chi connectivity index (χ0v) is 13.0. The Morgan fingerprint density at radius 3 is 2.43 bits per heavy atom. The lowest BCUT2D eigenvalue weighted by Gasteiger charge is -2.41. The molecule has 0 amide bonds. The van der Waals surface area contributed by atoms with Crippen LogP contribution in [0.4, 0.5) is 5.69 Å². The second-order valence-corrected chi connectivity index (χ2v) is 6.48. The monoisotopic (exact) mass is 286 g/mol. The molecule has 3 nitrogen and oxygen atoms in total. The quantitative estimate of drug-likeness (QED) is 0.794. The third-order valence-corrected chi connectivity index (χ3v) is 5.38. The molecule has 3 rings (SSSR count). The van der Waals surface area contributed by atoms with Gasteiger partial charge in [0, 0.05) is 43.5 Å². The molecule has 1 saturated heterocycles. The predicted octanol–water partition coefficient (Wildman–Crippen LogP) is 3.20. The summed E-state index contributed by atoms with van der Waals surface area (Å²) in [6.07, 6.45) is 6.64. The van der Waals surface area contributed by atoms with Gasteiger partial charge in [0.25, 0.3) is 0 Å². The van der Waals surface area contributed by atoms with E-state index >= 15 is 0 Å². The van der Waals surface area contributed by atoms with Crippen LogP contribution in [0.5, 0.6) is 0 Å². The van der Waals surface area contributed by atoms with Crippen molar-refractivity contribution in [2.24, 2.45) is 5.92 Å². The summed E-state index contributed by atoms with van der Waals surface area (Å²) in [5, 5.41) is 0. The van der Waals surface area contributed by atoms with Crippen LogP contribution in [0.3, 0.4) is 0 Å². The van der Waals surface area contributed by atoms with Gasteiger partial charge in [0.15, 0.2) is 6.29 Å². The molecule has 1 heterocycles. The van der Waals surface area contributed by atoms with Crippen molar-refractivity contribution in [1.29, 1.82) is 0 Å². The fourth-order valence-electron chi connectivity index (χ4n) is 3.98. The summed E-state index contributed by atoms with van der Waals surface area (Å²) in [7, 11) is 0. The summed E-state index contributed by atoms with van der Waals surface area (Å²) in [5.74, 6) is 0.902. The second-order valence-electron chi connectivity index (χ2n) is 6.48. The molecule has 1 aliphatic heterocycles. The molecule has 1 atom stereocenters. The molecule has 21 heavy (non-hydrogen) atoms. The Hall–Kier alpha value is -1.35. The highest BCUT2D eigenvalue weighted by molar-refractivity contribution is 5.84. The van der Waals surface area contributed by atoms with E-state index in [1.807, 2.05) is 18.2 Å². The molecule has 2 fully saturated rings. The zero-order valence-electron chi connectivity index (χ0n) is 13.0. The second kappa shape index (κ2) is 6.61. The first kappa shape index (κ1) is 14.6. The average Bonchev–Trinajstić information content (AvgIpc) is 3.09. The van der Waals surface area contributed by atoms with Gasteiger partial charge in [-0.05, 0) is 37.8 Å². The van der Waals surface area contributed by atoms with E-state index in [-0.39, 0.29) is 0 Å². The van der Waals surface area contributed by atoms with Crippen molar-refractivity contribution in [3.63, 3.8) is 0 Å². The first-order valence-corrected chi connectivity index (χ1v) is 8.33. The molecule has 1 unspecified atom stereocenters. The Balaban J connectivity index is 1.61. The number of nitrogens with zero attached hydrogens (tertiary/aromatic N) is 2. The van der Waals surface area contributed by atoms with Crippen molar-refractivity contribution in [3.05, 3.63) is 29.8 Å². The van der Waals surface area contributed by atoms with Crippen LogP contribution in [-0.4, -0.2) is 43.4 Å². The Morgan fingerprint density at radius 2 is 1.76 bits per heavy atom. The lowest BCUT2D eigenvalue weighted by Crippen LogP contribution is -2.51. The molecular weight excluding hydrogens is 260 g/mol. The minimum Gasteiger partial charge on any atom is -0.368 e. The number of anilines is 1. The number of aldehydes is 1. The molecule has 0 spiro atoms. The first-order valence-electron chi connectivity index (χ1n) is 8.33. The minimum absolute atomic E-state index is 0.718. The van der Waals surface area contributed by atoms with Crippen molar-refractivity contribution < 1.29 is 4.79 Å². The Bertz CT molecular complexity index is 474. The van der Waals surface area contributed by atoms with Gasteiger partial charge in [0.05, 0.1) is 0 Å². The fraction of sp³-hybridized carbons (Fsp3) is 0.611. The van der Waals surface area contributed by atoms with E-state index in [0.717, 1.165) is 55.7 Å². The SMILES string of the molecule is CC(C1CCCC1)N1CCN(c2ccccc2C=O)CC1. The van der Waals surface area contributed by atoms with Gasteiger partial charge >= 0.3 is 0 Å². The van der Waals surface area contributed by atoms with E-state index in [4.69, 9.17) is 0 Å². The summed E-state index contributed by atoms with van der Waals surface area (Å²) < 4.78 is 0. The third-order valence-electron chi connectivity index (χ3n) is 5.38. The topological polar surface area (TPSA) is 23.6 Å². The predicted molar refractivity (Wildman–Crippen MR) is 87.0 cm³/mol. The normalized spacial score (nSPS) is 22.4. The highest BCUT2D eigenvalue weighted by Crippen LogP contribution is 2.31. The molecule has 3 heteroatoms. The molecule has 0 aromatic heterocycles. The number of piperazine rings is 1. The van der Waals surface area contributed by atoms with Gasteiger partial charge in [0.1, 0.15) is 0 Å². The molecule has 114 valence electrons. The zero-order chi connectivity index (χ0) is 14.7. The van der Waals surface area contributed by atoms with E-state index in [0.29, 0.717) is 0 Å². The Labute approximate surface area is 127 Å². The van der Waals surface area contributed by atoms with Crippen LogP contribution >= 0.6 is 0 Å². The maximum atomic E-state index is 11.2. The van der Waals surface area contributed by atoms with Crippen LogP contribution in [0.25, 0.3) is 0 Å². The summed E-state index contributed by atoms with van der Waals surface area (Å²) in [5.41, 5.74) is 1.91. The van der Waals surface area contributed by atoms with Gasteiger partial charge in [-0.1, -0.05) is 25.0 Å². The molecule has 1 aromatic carbocycles. The number of benzene rings is 1. The van der Waals surface area contributed by atoms with E-state index < -0.39 is 0 Å². The summed E-state index contributed by atoms with van der Waals surface area (Å²) in [4.78, 5) is 16.2.